The molecule has 1 amide bonds. The molecule has 0 unspecified atom stereocenters. The Hall–Kier alpha value is -3.73. The normalized spacial score (nSPS) is 15.6. The number of carbonyl (C=O) groups is 3. The van der Waals surface area contributed by atoms with E-state index in [1.54, 1.807) is 42.5 Å². The predicted octanol–water partition coefficient (Wildman–Crippen LogP) is 4.24. The van der Waals surface area contributed by atoms with Gasteiger partial charge in [0.25, 0.3) is 0 Å². The Morgan fingerprint density at radius 1 is 0.871 bits per heavy atom. The summed E-state index contributed by atoms with van der Waals surface area (Å²) in [7, 11) is 0. The third kappa shape index (κ3) is 3.22. The fraction of sp³-hybridized carbons (Fsp3) is 0.192. The molecule has 3 aromatic carbocycles. The van der Waals surface area contributed by atoms with Crippen molar-refractivity contribution in [3.8, 4) is 0 Å². The van der Waals surface area contributed by atoms with Gasteiger partial charge < -0.3 is 10.2 Å². The molecular weight excluding hydrogens is 388 g/mol. The molecule has 1 heterocycles. The third-order valence-corrected chi connectivity index (χ3v) is 6.19. The van der Waals surface area contributed by atoms with Crippen molar-refractivity contribution in [3.63, 3.8) is 0 Å². The number of rotatable bonds is 3. The summed E-state index contributed by atoms with van der Waals surface area (Å²) in [5.41, 5.74) is 4.40. The van der Waals surface area contributed by atoms with Gasteiger partial charge in [0.05, 0.1) is 0 Å². The lowest BCUT2D eigenvalue weighted by Crippen LogP contribution is -2.44. The molecule has 5 heteroatoms. The number of aryl methyl sites for hydroxylation is 1. The first-order valence-electron chi connectivity index (χ1n) is 10.5. The zero-order chi connectivity index (χ0) is 21.5. The highest BCUT2D eigenvalue weighted by Gasteiger charge is 2.30. The van der Waals surface area contributed by atoms with Gasteiger partial charge in [-0.05, 0) is 49.6 Å². The zero-order valence-electron chi connectivity index (χ0n) is 17.2. The average Bonchev–Trinajstić information content (AvgIpc) is 2.81. The number of hydrogen-bond donors (Lipinski definition) is 1. The molecule has 31 heavy (non-hydrogen) atoms. The van der Waals surface area contributed by atoms with E-state index in [1.165, 1.54) is 5.56 Å². The van der Waals surface area contributed by atoms with Crippen LogP contribution in [0.4, 0.5) is 11.4 Å². The molecule has 0 radical (unpaired) electrons. The van der Waals surface area contributed by atoms with Gasteiger partial charge in [-0.3, -0.25) is 14.4 Å². The lowest BCUT2D eigenvalue weighted by molar-refractivity contribution is -0.117. The Labute approximate surface area is 180 Å². The highest BCUT2D eigenvalue weighted by Crippen LogP contribution is 2.31. The molecule has 5 nitrogen and oxygen atoms in total. The van der Waals surface area contributed by atoms with E-state index in [0.29, 0.717) is 27.9 Å². The van der Waals surface area contributed by atoms with Gasteiger partial charge in [0.1, 0.15) is 6.04 Å². The summed E-state index contributed by atoms with van der Waals surface area (Å²) in [6.45, 7) is 2.71. The second-order valence-corrected chi connectivity index (χ2v) is 8.06. The third-order valence-electron chi connectivity index (χ3n) is 6.19. The minimum atomic E-state index is -0.365. The Kier molecular flexibility index (Phi) is 4.66. The Balaban J connectivity index is 1.40. The van der Waals surface area contributed by atoms with Gasteiger partial charge in [-0.15, -0.1) is 0 Å². The number of fused-ring (bicyclic) bond motifs is 3. The molecule has 5 rings (SSSR count). The fourth-order valence-corrected chi connectivity index (χ4v) is 4.53. The number of benzene rings is 3. The summed E-state index contributed by atoms with van der Waals surface area (Å²) in [5.74, 6) is -0.507. The summed E-state index contributed by atoms with van der Waals surface area (Å²) in [5, 5.41) is 2.94. The van der Waals surface area contributed by atoms with E-state index in [2.05, 4.69) is 22.3 Å². The number of nitrogens with one attached hydrogen (secondary N) is 1. The Bertz CT molecular complexity index is 1230. The highest BCUT2D eigenvalue weighted by atomic mass is 16.2. The molecule has 0 fully saturated rings. The van der Waals surface area contributed by atoms with Crippen LogP contribution in [0.5, 0.6) is 0 Å². The van der Waals surface area contributed by atoms with Gasteiger partial charge in [-0.25, -0.2) is 0 Å². The fourth-order valence-electron chi connectivity index (χ4n) is 4.53. The molecule has 0 bridgehead atoms. The molecule has 2 aliphatic rings. The molecule has 0 saturated heterocycles. The topological polar surface area (TPSA) is 66.5 Å². The number of carbonyl (C=O) groups excluding carboxylic acids is 3. The molecular formula is C26H22N2O3. The minimum absolute atomic E-state index is 0.147. The van der Waals surface area contributed by atoms with Gasteiger partial charge >= 0.3 is 0 Å². The molecule has 1 aliphatic carbocycles. The van der Waals surface area contributed by atoms with Crippen LogP contribution in [0, 0.1) is 0 Å². The molecule has 0 aromatic heterocycles. The van der Waals surface area contributed by atoms with Crippen molar-refractivity contribution < 1.29 is 14.4 Å². The van der Waals surface area contributed by atoms with Crippen molar-refractivity contribution in [2.45, 2.75) is 25.8 Å². The molecule has 0 saturated carbocycles. The Morgan fingerprint density at radius 2 is 1.52 bits per heavy atom. The van der Waals surface area contributed by atoms with Crippen molar-refractivity contribution in [3.05, 3.63) is 94.5 Å². The van der Waals surface area contributed by atoms with Crippen molar-refractivity contribution in [2.24, 2.45) is 0 Å². The number of anilines is 2. The highest BCUT2D eigenvalue weighted by molar-refractivity contribution is 6.28. The van der Waals surface area contributed by atoms with Crippen LogP contribution >= 0.6 is 0 Å². The molecule has 1 atom stereocenters. The molecule has 1 aliphatic heterocycles. The van der Waals surface area contributed by atoms with E-state index < -0.39 is 0 Å². The van der Waals surface area contributed by atoms with Crippen molar-refractivity contribution in [1.82, 2.24) is 0 Å². The van der Waals surface area contributed by atoms with Gasteiger partial charge in [0.2, 0.25) is 5.91 Å². The first kappa shape index (κ1) is 19.2. The molecule has 154 valence electrons. The largest absolute Gasteiger partial charge is 0.360 e. The second-order valence-electron chi connectivity index (χ2n) is 8.06. The van der Waals surface area contributed by atoms with Crippen molar-refractivity contribution in [1.29, 1.82) is 0 Å². The summed E-state index contributed by atoms with van der Waals surface area (Å²) in [6, 6.07) is 19.6. The summed E-state index contributed by atoms with van der Waals surface area (Å²) in [4.78, 5) is 40.9. The number of ketones is 2. The van der Waals surface area contributed by atoms with Gasteiger partial charge in [-0.1, -0.05) is 42.5 Å². The van der Waals surface area contributed by atoms with Crippen LogP contribution in [0.25, 0.3) is 0 Å². The number of amides is 1. The standard InChI is InChI=1S/C26H22N2O3/c1-16(28-14-6-8-17-7-2-5-11-23(17)28)26(31)27-18-12-13-21-22(15-18)25(30)20-10-4-3-9-19(20)24(21)29/h2-5,7,9-13,15-16H,6,8,14H2,1H3,(H,27,31)/t16-/m1/s1. The number of para-hydroxylation sites is 1. The summed E-state index contributed by atoms with van der Waals surface area (Å²) >= 11 is 0. The van der Waals surface area contributed by atoms with Gasteiger partial charge in [0.15, 0.2) is 11.6 Å². The van der Waals surface area contributed by atoms with Gasteiger partial charge in [0, 0.05) is 40.2 Å². The van der Waals surface area contributed by atoms with E-state index in [4.69, 9.17) is 0 Å². The Morgan fingerprint density at radius 3 is 2.29 bits per heavy atom. The minimum Gasteiger partial charge on any atom is -0.360 e. The zero-order valence-corrected chi connectivity index (χ0v) is 17.2. The molecule has 3 aromatic rings. The summed E-state index contributed by atoms with van der Waals surface area (Å²) < 4.78 is 0. The maximum atomic E-state index is 13.0. The van der Waals surface area contributed by atoms with Crippen LogP contribution in [-0.2, 0) is 11.2 Å². The lowest BCUT2D eigenvalue weighted by Gasteiger charge is -2.35. The van der Waals surface area contributed by atoms with Crippen LogP contribution in [0.2, 0.25) is 0 Å². The van der Waals surface area contributed by atoms with Gasteiger partial charge in [-0.2, -0.15) is 0 Å². The van der Waals surface area contributed by atoms with Crippen LogP contribution in [0.3, 0.4) is 0 Å². The summed E-state index contributed by atoms with van der Waals surface area (Å²) in [6.07, 6.45) is 2.02. The smallest absolute Gasteiger partial charge is 0.246 e. The lowest BCUT2D eigenvalue weighted by atomic mass is 9.84. The van der Waals surface area contributed by atoms with Crippen molar-refractivity contribution in [2.75, 3.05) is 16.8 Å². The van der Waals surface area contributed by atoms with Crippen LogP contribution in [-0.4, -0.2) is 30.1 Å². The average molecular weight is 410 g/mol. The predicted molar refractivity (Wildman–Crippen MR) is 120 cm³/mol. The maximum absolute atomic E-state index is 13.0. The van der Waals surface area contributed by atoms with Crippen LogP contribution in [0.1, 0.15) is 50.8 Å². The first-order chi connectivity index (χ1) is 15.0. The van der Waals surface area contributed by atoms with E-state index in [-0.39, 0.29) is 23.5 Å². The molecule has 0 spiro atoms. The number of nitrogens with zero attached hydrogens (tertiary/aromatic N) is 1. The number of hydrogen-bond acceptors (Lipinski definition) is 4. The van der Waals surface area contributed by atoms with Crippen LogP contribution in [0.15, 0.2) is 66.7 Å². The van der Waals surface area contributed by atoms with E-state index in [0.717, 1.165) is 25.1 Å². The maximum Gasteiger partial charge on any atom is 0.246 e. The van der Waals surface area contributed by atoms with E-state index >= 15 is 0 Å². The quantitative estimate of drug-likeness (QED) is 0.549. The monoisotopic (exact) mass is 410 g/mol. The first-order valence-corrected chi connectivity index (χ1v) is 10.5. The van der Waals surface area contributed by atoms with Crippen LogP contribution < -0.4 is 10.2 Å². The molecule has 1 N–H and O–H groups in total. The van der Waals surface area contributed by atoms with E-state index in [9.17, 15) is 14.4 Å². The van der Waals surface area contributed by atoms with Crippen molar-refractivity contribution >= 4 is 28.8 Å². The SMILES string of the molecule is C[C@H](C(=O)Nc1ccc2c(c1)C(=O)c1ccccc1C2=O)N1CCCc2ccccc21. The second kappa shape index (κ2) is 7.51. The van der Waals surface area contributed by atoms with E-state index in [1.807, 2.05) is 19.1 Å².